The molecule has 6 nitrogen and oxygen atoms in total. The van der Waals surface area contributed by atoms with Gasteiger partial charge < -0.3 is 9.80 Å². The summed E-state index contributed by atoms with van der Waals surface area (Å²) in [7, 11) is -0.620. The molecule has 1 aliphatic rings. The molecular formula is C20H31N3O3S. The second-order valence-electron chi connectivity index (χ2n) is 7.29. The predicted molar refractivity (Wildman–Crippen MR) is 110 cm³/mol. The van der Waals surface area contributed by atoms with Crippen molar-refractivity contribution in [1.82, 2.24) is 9.21 Å². The number of carbonyl (C=O) groups excluding carboxylic acids is 1. The maximum absolute atomic E-state index is 13.3. The van der Waals surface area contributed by atoms with Gasteiger partial charge in [-0.3, -0.25) is 4.79 Å². The van der Waals surface area contributed by atoms with Crippen LogP contribution in [-0.2, 0) is 10.0 Å². The molecule has 0 atom stereocenters. The Bertz CT molecular complexity index is 797. The quantitative estimate of drug-likeness (QED) is 0.668. The van der Waals surface area contributed by atoms with Gasteiger partial charge in [0.25, 0.3) is 5.91 Å². The highest BCUT2D eigenvalue weighted by Crippen LogP contribution is 2.29. The van der Waals surface area contributed by atoms with E-state index in [4.69, 9.17) is 0 Å². The standard InChI is InChI=1S/C20H31N3O3S/c1-6-22(15-16(2)3)20(24)18-14-17(27(25,26)21(4)5)10-11-19(18)23-12-8-7-9-13-23/h10-11,14H,2,6-9,12-13,15H2,1,3-5H3. The van der Waals surface area contributed by atoms with E-state index in [1.807, 2.05) is 13.8 Å². The van der Waals surface area contributed by atoms with Crippen LogP contribution in [0.4, 0.5) is 5.69 Å². The van der Waals surface area contributed by atoms with Gasteiger partial charge in [0, 0.05) is 46.0 Å². The van der Waals surface area contributed by atoms with Gasteiger partial charge in [0.05, 0.1) is 10.5 Å². The predicted octanol–water partition coefficient (Wildman–Crippen LogP) is 2.97. The second kappa shape index (κ2) is 8.89. The summed E-state index contributed by atoms with van der Waals surface area (Å²) in [5, 5.41) is 0. The maximum atomic E-state index is 13.3. The van der Waals surface area contributed by atoms with Crippen molar-refractivity contribution in [3.8, 4) is 0 Å². The summed E-state index contributed by atoms with van der Waals surface area (Å²) in [4.78, 5) is 17.3. The van der Waals surface area contributed by atoms with Crippen molar-refractivity contribution in [3.63, 3.8) is 0 Å². The van der Waals surface area contributed by atoms with E-state index in [2.05, 4.69) is 11.5 Å². The van der Waals surface area contributed by atoms with Crippen molar-refractivity contribution in [2.75, 3.05) is 45.2 Å². The normalized spacial score (nSPS) is 15.1. The van der Waals surface area contributed by atoms with E-state index in [-0.39, 0.29) is 10.8 Å². The highest BCUT2D eigenvalue weighted by atomic mass is 32.2. The Labute approximate surface area is 163 Å². The Morgan fingerprint density at radius 2 is 1.81 bits per heavy atom. The van der Waals surface area contributed by atoms with Crippen molar-refractivity contribution in [2.24, 2.45) is 0 Å². The molecule has 1 aromatic rings. The Morgan fingerprint density at radius 3 is 2.33 bits per heavy atom. The molecule has 0 spiro atoms. The Hall–Kier alpha value is -1.86. The van der Waals surface area contributed by atoms with Crippen LogP contribution in [0, 0.1) is 0 Å². The van der Waals surface area contributed by atoms with Gasteiger partial charge in [0.2, 0.25) is 10.0 Å². The molecule has 0 aromatic heterocycles. The number of nitrogens with zero attached hydrogens (tertiary/aromatic N) is 3. The van der Waals surface area contributed by atoms with Gasteiger partial charge in [-0.2, -0.15) is 0 Å². The molecule has 0 aliphatic carbocycles. The van der Waals surface area contributed by atoms with E-state index < -0.39 is 10.0 Å². The van der Waals surface area contributed by atoms with Crippen molar-refractivity contribution >= 4 is 21.6 Å². The summed E-state index contributed by atoms with van der Waals surface area (Å²) in [6.45, 7) is 10.5. The highest BCUT2D eigenvalue weighted by Gasteiger charge is 2.26. The third kappa shape index (κ3) is 4.90. The van der Waals surface area contributed by atoms with Crippen molar-refractivity contribution in [1.29, 1.82) is 0 Å². The molecule has 0 radical (unpaired) electrons. The average Bonchev–Trinajstić information content (AvgIpc) is 2.65. The number of piperidine rings is 1. The monoisotopic (exact) mass is 393 g/mol. The van der Waals surface area contributed by atoms with Gasteiger partial charge in [-0.05, 0) is 51.3 Å². The molecule has 7 heteroatoms. The molecule has 0 N–H and O–H groups in total. The van der Waals surface area contributed by atoms with Crippen molar-refractivity contribution in [3.05, 3.63) is 35.9 Å². The molecule has 27 heavy (non-hydrogen) atoms. The molecule has 1 fully saturated rings. The lowest BCUT2D eigenvalue weighted by Crippen LogP contribution is -2.36. The van der Waals surface area contributed by atoms with Crippen LogP contribution in [0.3, 0.4) is 0 Å². The van der Waals surface area contributed by atoms with Crippen LogP contribution in [0.25, 0.3) is 0 Å². The van der Waals surface area contributed by atoms with Crippen LogP contribution in [-0.4, -0.2) is 63.8 Å². The van der Waals surface area contributed by atoms with Gasteiger partial charge in [0.1, 0.15) is 0 Å². The molecule has 0 unspecified atom stereocenters. The van der Waals surface area contributed by atoms with Gasteiger partial charge in [-0.15, -0.1) is 0 Å². The summed E-state index contributed by atoms with van der Waals surface area (Å²) in [5.74, 6) is -0.156. The van der Waals surface area contributed by atoms with Crippen LogP contribution in [0.1, 0.15) is 43.5 Å². The van der Waals surface area contributed by atoms with E-state index in [0.717, 1.165) is 37.2 Å². The third-order valence-corrected chi connectivity index (χ3v) is 6.61. The van der Waals surface area contributed by atoms with Crippen LogP contribution in [0.15, 0.2) is 35.2 Å². The van der Waals surface area contributed by atoms with Gasteiger partial charge in [-0.1, -0.05) is 12.2 Å². The SMILES string of the molecule is C=C(C)CN(CC)C(=O)c1cc(S(=O)(=O)N(C)C)ccc1N1CCCCC1. The Morgan fingerprint density at radius 1 is 1.19 bits per heavy atom. The van der Waals surface area contributed by atoms with Crippen LogP contribution < -0.4 is 4.90 Å². The van der Waals surface area contributed by atoms with Gasteiger partial charge >= 0.3 is 0 Å². The number of benzene rings is 1. The minimum atomic E-state index is -3.61. The fourth-order valence-corrected chi connectivity index (χ4v) is 4.22. The Balaban J connectivity index is 2.54. The molecule has 2 rings (SSSR count). The highest BCUT2D eigenvalue weighted by molar-refractivity contribution is 7.89. The number of hydrogen-bond acceptors (Lipinski definition) is 4. The van der Waals surface area contributed by atoms with Crippen LogP contribution in [0.2, 0.25) is 0 Å². The van der Waals surface area contributed by atoms with Gasteiger partial charge in [-0.25, -0.2) is 12.7 Å². The van der Waals surface area contributed by atoms with Gasteiger partial charge in [0.15, 0.2) is 0 Å². The second-order valence-corrected chi connectivity index (χ2v) is 9.44. The summed E-state index contributed by atoms with van der Waals surface area (Å²) >= 11 is 0. The molecule has 0 saturated carbocycles. The molecule has 1 saturated heterocycles. The first-order valence-corrected chi connectivity index (χ1v) is 10.9. The number of amides is 1. The van der Waals surface area contributed by atoms with E-state index in [9.17, 15) is 13.2 Å². The topological polar surface area (TPSA) is 60.9 Å². The first kappa shape index (κ1) is 21.4. The van der Waals surface area contributed by atoms with E-state index in [1.54, 1.807) is 17.0 Å². The molecular weight excluding hydrogens is 362 g/mol. The lowest BCUT2D eigenvalue weighted by atomic mass is 10.1. The molecule has 0 bridgehead atoms. The smallest absolute Gasteiger partial charge is 0.256 e. The first-order valence-electron chi connectivity index (χ1n) is 9.43. The maximum Gasteiger partial charge on any atom is 0.256 e. The Kier molecular flexibility index (Phi) is 7.06. The minimum Gasteiger partial charge on any atom is -0.371 e. The van der Waals surface area contributed by atoms with Crippen molar-refractivity contribution in [2.45, 2.75) is 38.0 Å². The number of sulfonamides is 1. The third-order valence-electron chi connectivity index (χ3n) is 4.80. The molecule has 1 amide bonds. The summed E-state index contributed by atoms with van der Waals surface area (Å²) in [6, 6.07) is 4.91. The molecule has 1 aliphatic heterocycles. The molecule has 1 aromatic carbocycles. The minimum absolute atomic E-state index is 0.142. The van der Waals surface area contributed by atoms with E-state index in [1.165, 1.54) is 30.9 Å². The summed E-state index contributed by atoms with van der Waals surface area (Å²) < 4.78 is 26.3. The molecule has 1 heterocycles. The average molecular weight is 394 g/mol. The zero-order chi connectivity index (χ0) is 20.2. The number of hydrogen-bond donors (Lipinski definition) is 0. The lowest BCUT2D eigenvalue weighted by molar-refractivity contribution is 0.0778. The number of anilines is 1. The number of carbonyl (C=O) groups is 1. The van der Waals surface area contributed by atoms with Crippen molar-refractivity contribution < 1.29 is 13.2 Å². The van der Waals surface area contributed by atoms with Crippen LogP contribution >= 0.6 is 0 Å². The van der Waals surface area contributed by atoms with E-state index in [0.29, 0.717) is 18.7 Å². The fourth-order valence-electron chi connectivity index (χ4n) is 3.29. The summed E-state index contributed by atoms with van der Waals surface area (Å²) in [6.07, 6.45) is 3.34. The zero-order valence-electron chi connectivity index (χ0n) is 16.9. The zero-order valence-corrected chi connectivity index (χ0v) is 17.7. The van der Waals surface area contributed by atoms with E-state index >= 15 is 0 Å². The first-order chi connectivity index (χ1) is 12.7. The largest absolute Gasteiger partial charge is 0.371 e. The van der Waals surface area contributed by atoms with Crippen LogP contribution in [0.5, 0.6) is 0 Å². The number of likely N-dealkylation sites (N-methyl/N-ethyl adjacent to an activating group) is 1. The lowest BCUT2D eigenvalue weighted by Gasteiger charge is -2.32. The fraction of sp³-hybridized carbons (Fsp3) is 0.550. The summed E-state index contributed by atoms with van der Waals surface area (Å²) in [5.41, 5.74) is 2.15. The molecule has 150 valence electrons. The number of rotatable bonds is 7.